The summed E-state index contributed by atoms with van der Waals surface area (Å²) in [5, 5.41) is 2.54. The standard InChI is InChI=1S/C60H42N2/c1-59(2)51-33-17-30-46(56(51)49-36-40-21-12-13-22-41(40)37-53(49)59)42-23-16-24-43(35-42)54-38-55(62-58(61-54)39-19-6-3-7-20-39)48-31-18-34-52-57(48)47-29-14-15-32-50(47)60(52,44-25-8-4-9-26-44)45-27-10-5-11-28-45/h3-38H,1-2H3. The fourth-order valence-electron chi connectivity index (χ4n) is 10.7. The number of benzene rings is 9. The van der Waals surface area contributed by atoms with Crippen molar-refractivity contribution in [2.75, 3.05) is 0 Å². The van der Waals surface area contributed by atoms with Crippen molar-refractivity contribution >= 4 is 10.8 Å². The fraction of sp³-hybridized carbons (Fsp3) is 0.0667. The number of hydrogen-bond donors (Lipinski definition) is 0. The number of hydrogen-bond acceptors (Lipinski definition) is 2. The Kier molecular flexibility index (Phi) is 8.14. The lowest BCUT2D eigenvalue weighted by atomic mass is 9.67. The summed E-state index contributed by atoms with van der Waals surface area (Å²) in [7, 11) is 0. The van der Waals surface area contributed by atoms with Gasteiger partial charge in [0.25, 0.3) is 0 Å². The molecule has 9 aromatic carbocycles. The molecule has 0 atom stereocenters. The van der Waals surface area contributed by atoms with E-state index < -0.39 is 5.41 Å². The summed E-state index contributed by atoms with van der Waals surface area (Å²) >= 11 is 0. The van der Waals surface area contributed by atoms with Gasteiger partial charge in [-0.3, -0.25) is 0 Å². The van der Waals surface area contributed by atoms with Crippen LogP contribution in [0.15, 0.2) is 218 Å². The third-order valence-electron chi connectivity index (χ3n) is 13.6. The highest BCUT2D eigenvalue weighted by molar-refractivity contribution is 5.99. The number of aromatic nitrogens is 2. The zero-order valence-electron chi connectivity index (χ0n) is 34.7. The minimum atomic E-state index is -0.508. The maximum absolute atomic E-state index is 5.43. The highest BCUT2D eigenvalue weighted by atomic mass is 14.9. The van der Waals surface area contributed by atoms with Crippen molar-refractivity contribution in [2.24, 2.45) is 0 Å². The van der Waals surface area contributed by atoms with Gasteiger partial charge < -0.3 is 0 Å². The van der Waals surface area contributed by atoms with Gasteiger partial charge in [-0.2, -0.15) is 0 Å². The van der Waals surface area contributed by atoms with Crippen molar-refractivity contribution in [1.82, 2.24) is 9.97 Å². The quantitative estimate of drug-likeness (QED) is 0.168. The molecule has 62 heavy (non-hydrogen) atoms. The van der Waals surface area contributed by atoms with Gasteiger partial charge in [-0.1, -0.05) is 208 Å². The summed E-state index contributed by atoms with van der Waals surface area (Å²) in [4.78, 5) is 10.8. The lowest BCUT2D eigenvalue weighted by Crippen LogP contribution is -2.28. The van der Waals surface area contributed by atoms with E-state index in [4.69, 9.17) is 9.97 Å². The van der Waals surface area contributed by atoms with Crippen LogP contribution in [0.2, 0.25) is 0 Å². The maximum Gasteiger partial charge on any atom is 0.160 e. The van der Waals surface area contributed by atoms with Crippen LogP contribution in [0.4, 0.5) is 0 Å². The zero-order valence-corrected chi connectivity index (χ0v) is 34.7. The van der Waals surface area contributed by atoms with E-state index in [-0.39, 0.29) is 5.41 Å². The highest BCUT2D eigenvalue weighted by Gasteiger charge is 2.47. The molecule has 0 amide bonds. The van der Waals surface area contributed by atoms with E-state index in [0.29, 0.717) is 5.82 Å². The molecule has 0 bridgehead atoms. The van der Waals surface area contributed by atoms with E-state index in [0.717, 1.165) is 28.1 Å². The second kappa shape index (κ2) is 13.9. The first kappa shape index (κ1) is 36.2. The average Bonchev–Trinajstić information content (AvgIpc) is 3.77. The van der Waals surface area contributed by atoms with Crippen LogP contribution in [0.5, 0.6) is 0 Å². The summed E-state index contributed by atoms with van der Waals surface area (Å²) in [5.74, 6) is 0.702. The van der Waals surface area contributed by atoms with Gasteiger partial charge in [-0.15, -0.1) is 0 Å². The molecule has 1 aromatic heterocycles. The molecule has 0 saturated heterocycles. The van der Waals surface area contributed by atoms with Crippen LogP contribution in [-0.4, -0.2) is 9.97 Å². The molecule has 0 fully saturated rings. The van der Waals surface area contributed by atoms with E-state index in [2.05, 4.69) is 226 Å². The first-order valence-electron chi connectivity index (χ1n) is 21.6. The third-order valence-corrected chi connectivity index (χ3v) is 13.6. The highest BCUT2D eigenvalue weighted by Crippen LogP contribution is 2.58. The normalized spacial score (nSPS) is 13.9. The van der Waals surface area contributed by atoms with Gasteiger partial charge in [-0.25, -0.2) is 9.97 Å². The Morgan fingerprint density at radius 1 is 0.323 bits per heavy atom. The number of nitrogens with zero attached hydrogens (tertiary/aromatic N) is 2. The smallest absolute Gasteiger partial charge is 0.160 e. The zero-order chi connectivity index (χ0) is 41.4. The van der Waals surface area contributed by atoms with Gasteiger partial charge >= 0.3 is 0 Å². The molecule has 0 radical (unpaired) electrons. The van der Waals surface area contributed by atoms with Crippen molar-refractivity contribution in [2.45, 2.75) is 24.7 Å². The lowest BCUT2D eigenvalue weighted by Gasteiger charge is -2.33. The molecule has 2 heteroatoms. The Bertz CT molecular complexity index is 3330. The minimum Gasteiger partial charge on any atom is -0.228 e. The lowest BCUT2D eigenvalue weighted by molar-refractivity contribution is 0.661. The van der Waals surface area contributed by atoms with Crippen molar-refractivity contribution in [1.29, 1.82) is 0 Å². The first-order valence-corrected chi connectivity index (χ1v) is 21.6. The molecule has 10 aromatic rings. The Morgan fingerprint density at radius 3 is 1.58 bits per heavy atom. The molecule has 2 aliphatic carbocycles. The second-order valence-electron chi connectivity index (χ2n) is 17.3. The van der Waals surface area contributed by atoms with Crippen LogP contribution in [0.1, 0.15) is 47.2 Å². The summed E-state index contributed by atoms with van der Waals surface area (Å²) in [6.07, 6.45) is 0. The third kappa shape index (κ3) is 5.36. The van der Waals surface area contributed by atoms with Crippen LogP contribution in [-0.2, 0) is 10.8 Å². The fourth-order valence-corrected chi connectivity index (χ4v) is 10.7. The van der Waals surface area contributed by atoms with E-state index in [1.165, 1.54) is 77.5 Å². The maximum atomic E-state index is 5.43. The minimum absolute atomic E-state index is 0.123. The van der Waals surface area contributed by atoms with Crippen LogP contribution >= 0.6 is 0 Å². The Morgan fingerprint density at radius 2 is 0.839 bits per heavy atom. The van der Waals surface area contributed by atoms with E-state index in [9.17, 15) is 0 Å². The summed E-state index contributed by atoms with van der Waals surface area (Å²) in [5.41, 5.74) is 19.5. The van der Waals surface area contributed by atoms with Crippen molar-refractivity contribution in [3.8, 4) is 67.3 Å². The van der Waals surface area contributed by atoms with Gasteiger partial charge in [-0.05, 0) is 102 Å². The van der Waals surface area contributed by atoms with Gasteiger partial charge in [0.1, 0.15) is 0 Å². The monoisotopic (exact) mass is 790 g/mol. The van der Waals surface area contributed by atoms with Crippen LogP contribution in [0.25, 0.3) is 78.1 Å². The van der Waals surface area contributed by atoms with Gasteiger partial charge in [0.2, 0.25) is 0 Å². The Hall–Kier alpha value is -7.68. The van der Waals surface area contributed by atoms with Crippen molar-refractivity contribution < 1.29 is 0 Å². The molecule has 2 nitrogen and oxygen atoms in total. The summed E-state index contributed by atoms with van der Waals surface area (Å²) in [6, 6.07) is 79.6. The predicted molar refractivity (Wildman–Crippen MR) is 256 cm³/mol. The molecule has 0 N–H and O–H groups in total. The van der Waals surface area contributed by atoms with Crippen LogP contribution < -0.4 is 0 Å². The van der Waals surface area contributed by atoms with Crippen molar-refractivity contribution in [3.63, 3.8) is 0 Å². The molecule has 2 aliphatic rings. The molecule has 0 spiro atoms. The molecule has 12 rings (SSSR count). The first-order chi connectivity index (χ1) is 30.5. The summed E-state index contributed by atoms with van der Waals surface area (Å²) < 4.78 is 0. The van der Waals surface area contributed by atoms with Gasteiger partial charge in [0, 0.05) is 22.1 Å². The molecule has 0 saturated carbocycles. The van der Waals surface area contributed by atoms with E-state index in [1.807, 2.05) is 6.07 Å². The molecule has 0 unspecified atom stereocenters. The predicted octanol–water partition coefficient (Wildman–Crippen LogP) is 15.0. The number of rotatable bonds is 6. The Balaban J connectivity index is 1.07. The SMILES string of the molecule is CC1(C)c2cc3ccccc3cc2-c2c(-c3cccc(-c4cc(-c5cccc6c5-c5ccccc5C6(c5ccccc5)c5ccccc5)nc(-c5ccccc5)n4)c3)cccc21. The number of fused-ring (bicyclic) bond motifs is 7. The van der Waals surface area contributed by atoms with Gasteiger partial charge in [0.15, 0.2) is 5.82 Å². The van der Waals surface area contributed by atoms with Crippen LogP contribution in [0, 0.1) is 0 Å². The molecule has 0 aliphatic heterocycles. The summed E-state index contributed by atoms with van der Waals surface area (Å²) in [6.45, 7) is 4.73. The molecular weight excluding hydrogens is 749 g/mol. The van der Waals surface area contributed by atoms with E-state index >= 15 is 0 Å². The molecular formula is C60H42N2. The average molecular weight is 791 g/mol. The van der Waals surface area contributed by atoms with E-state index in [1.54, 1.807) is 0 Å². The molecule has 1 heterocycles. The largest absolute Gasteiger partial charge is 0.228 e. The second-order valence-corrected chi connectivity index (χ2v) is 17.3. The molecule has 292 valence electrons. The topological polar surface area (TPSA) is 25.8 Å². The van der Waals surface area contributed by atoms with Crippen molar-refractivity contribution in [3.05, 3.63) is 252 Å². The van der Waals surface area contributed by atoms with Gasteiger partial charge in [0.05, 0.1) is 16.8 Å². The Labute approximate surface area is 362 Å². The van der Waals surface area contributed by atoms with Crippen LogP contribution in [0.3, 0.4) is 0 Å².